The second kappa shape index (κ2) is 3.87. The van der Waals surface area contributed by atoms with E-state index in [1.165, 1.54) is 0 Å². The van der Waals surface area contributed by atoms with Gasteiger partial charge in [0.25, 0.3) is 0 Å². The van der Waals surface area contributed by atoms with Gasteiger partial charge in [0, 0.05) is 6.54 Å². The Kier molecular flexibility index (Phi) is 2.82. The van der Waals surface area contributed by atoms with E-state index in [4.69, 9.17) is 17.0 Å². The monoisotopic (exact) mass is 242 g/mol. The predicted molar refractivity (Wildman–Crippen MR) is 65.5 cm³/mol. The molecule has 1 N–H and O–H groups in total. The van der Waals surface area contributed by atoms with Gasteiger partial charge in [0.15, 0.2) is 0 Å². The van der Waals surface area contributed by atoms with Crippen molar-refractivity contribution in [3.8, 4) is 0 Å². The number of hydrogen-bond acceptors (Lipinski definition) is 3. The van der Waals surface area contributed by atoms with Crippen LogP contribution in [0.3, 0.4) is 0 Å². The van der Waals surface area contributed by atoms with E-state index in [1.54, 1.807) is 0 Å². The minimum absolute atomic E-state index is 0.0450. The molecule has 1 amide bonds. The Bertz CT molecular complexity index is 324. The summed E-state index contributed by atoms with van der Waals surface area (Å²) in [6.45, 7) is 6.41. The van der Waals surface area contributed by atoms with E-state index in [1.807, 2.05) is 25.7 Å². The van der Waals surface area contributed by atoms with Crippen molar-refractivity contribution in [3.05, 3.63) is 0 Å². The number of amides is 1. The van der Waals surface area contributed by atoms with Crippen molar-refractivity contribution in [2.45, 2.75) is 51.3 Å². The second-order valence-corrected chi connectivity index (χ2v) is 5.82. The summed E-state index contributed by atoms with van der Waals surface area (Å²) in [5.74, 6) is 0. The smallest absolute Gasteiger partial charge is 0.411 e. The van der Waals surface area contributed by atoms with Crippen LogP contribution in [0.4, 0.5) is 4.79 Å². The quantitative estimate of drug-likeness (QED) is 0.656. The summed E-state index contributed by atoms with van der Waals surface area (Å²) in [6, 6.07) is 0.287. The van der Waals surface area contributed by atoms with Crippen LogP contribution in [0.1, 0.15) is 33.6 Å². The topological polar surface area (TPSA) is 41.6 Å². The minimum atomic E-state index is -0.441. The molecule has 0 radical (unpaired) electrons. The summed E-state index contributed by atoms with van der Waals surface area (Å²) >= 11 is 5.23. The number of fused-ring (bicyclic) bond motifs is 2. The van der Waals surface area contributed by atoms with E-state index in [2.05, 4.69) is 5.32 Å². The number of carbonyl (C=O) groups excluding carboxylic acids is 1. The molecule has 16 heavy (non-hydrogen) atoms. The van der Waals surface area contributed by atoms with Gasteiger partial charge in [0.05, 0.1) is 17.1 Å². The molecule has 2 fully saturated rings. The standard InChI is InChI=1S/C11H18N2O2S/c1-11(2,3)15-10(14)13-7-4-5-8(13)9(16)12-6-7/h7-8H,4-6H2,1-3H3,(H,12,16). The van der Waals surface area contributed by atoms with Gasteiger partial charge in [-0.25, -0.2) is 4.79 Å². The van der Waals surface area contributed by atoms with E-state index >= 15 is 0 Å². The fourth-order valence-electron chi connectivity index (χ4n) is 2.27. The molecule has 0 spiro atoms. The molecule has 0 aromatic carbocycles. The maximum atomic E-state index is 12.0. The Morgan fingerprint density at radius 2 is 2.19 bits per heavy atom. The lowest BCUT2D eigenvalue weighted by atomic mass is 10.2. The zero-order valence-electron chi connectivity index (χ0n) is 9.95. The molecule has 0 aromatic rings. The number of carbonyl (C=O) groups is 1. The van der Waals surface area contributed by atoms with Gasteiger partial charge < -0.3 is 10.1 Å². The average Bonchev–Trinajstić information content (AvgIpc) is 2.46. The molecule has 90 valence electrons. The molecule has 2 rings (SSSR count). The lowest BCUT2D eigenvalue weighted by molar-refractivity contribution is 0.0177. The van der Waals surface area contributed by atoms with Gasteiger partial charge >= 0.3 is 6.09 Å². The first-order valence-electron chi connectivity index (χ1n) is 5.67. The summed E-state index contributed by atoms with van der Waals surface area (Å²) in [5, 5.41) is 3.17. The fourth-order valence-corrected chi connectivity index (χ4v) is 2.58. The van der Waals surface area contributed by atoms with Crippen molar-refractivity contribution in [2.24, 2.45) is 0 Å². The third-order valence-corrected chi connectivity index (χ3v) is 3.34. The molecule has 2 saturated heterocycles. The summed E-state index contributed by atoms with van der Waals surface area (Å²) < 4.78 is 5.41. The number of nitrogens with zero attached hydrogens (tertiary/aromatic N) is 1. The molecule has 2 aliphatic rings. The minimum Gasteiger partial charge on any atom is -0.444 e. The first-order valence-corrected chi connectivity index (χ1v) is 6.08. The first kappa shape index (κ1) is 11.6. The third kappa shape index (κ3) is 2.14. The number of hydrogen-bond donors (Lipinski definition) is 1. The normalized spacial score (nSPS) is 28.9. The Morgan fingerprint density at radius 3 is 2.81 bits per heavy atom. The van der Waals surface area contributed by atoms with E-state index in [0.717, 1.165) is 24.4 Å². The fraction of sp³-hybridized carbons (Fsp3) is 0.818. The molecule has 4 nitrogen and oxygen atoms in total. The summed E-state index contributed by atoms with van der Waals surface area (Å²) in [6.07, 6.45) is 1.73. The van der Waals surface area contributed by atoms with Gasteiger partial charge in [-0.15, -0.1) is 0 Å². The Balaban J connectivity index is 2.09. The van der Waals surface area contributed by atoms with Crippen molar-refractivity contribution in [1.82, 2.24) is 10.2 Å². The highest BCUT2D eigenvalue weighted by Gasteiger charge is 2.44. The second-order valence-electron chi connectivity index (χ2n) is 5.38. The average molecular weight is 242 g/mol. The van der Waals surface area contributed by atoms with Crippen LogP contribution in [-0.4, -0.2) is 40.2 Å². The first-order chi connectivity index (χ1) is 7.38. The summed E-state index contributed by atoms with van der Waals surface area (Å²) in [4.78, 5) is 14.6. The number of nitrogens with one attached hydrogen (secondary N) is 1. The molecule has 2 atom stereocenters. The molecular formula is C11H18N2O2S. The van der Waals surface area contributed by atoms with Crippen LogP contribution in [0.2, 0.25) is 0 Å². The van der Waals surface area contributed by atoms with Crippen molar-refractivity contribution in [2.75, 3.05) is 6.54 Å². The maximum absolute atomic E-state index is 12.0. The predicted octanol–water partition coefficient (Wildman–Crippen LogP) is 1.69. The molecular weight excluding hydrogens is 224 g/mol. The van der Waals surface area contributed by atoms with Gasteiger partial charge in [-0.1, -0.05) is 12.2 Å². The summed E-state index contributed by atoms with van der Waals surface area (Å²) in [5.41, 5.74) is -0.441. The van der Waals surface area contributed by atoms with Gasteiger partial charge in [0.2, 0.25) is 0 Å². The molecule has 2 bridgehead atoms. The highest BCUT2D eigenvalue weighted by atomic mass is 32.1. The van der Waals surface area contributed by atoms with E-state index in [-0.39, 0.29) is 18.2 Å². The van der Waals surface area contributed by atoms with Crippen LogP contribution in [0.25, 0.3) is 0 Å². The lowest BCUT2D eigenvalue weighted by Gasteiger charge is -2.36. The van der Waals surface area contributed by atoms with Crippen molar-refractivity contribution in [1.29, 1.82) is 0 Å². The van der Waals surface area contributed by atoms with Gasteiger partial charge in [0.1, 0.15) is 5.60 Å². The molecule has 2 heterocycles. The lowest BCUT2D eigenvalue weighted by Crippen LogP contribution is -2.57. The molecule has 0 saturated carbocycles. The van der Waals surface area contributed by atoms with Gasteiger partial charge in [-0.3, -0.25) is 4.90 Å². The van der Waals surface area contributed by atoms with Crippen LogP contribution in [-0.2, 0) is 4.74 Å². The maximum Gasteiger partial charge on any atom is 0.411 e. The van der Waals surface area contributed by atoms with E-state index in [0.29, 0.717) is 0 Å². The largest absolute Gasteiger partial charge is 0.444 e. The molecule has 0 aliphatic carbocycles. The van der Waals surface area contributed by atoms with E-state index < -0.39 is 5.60 Å². The molecule has 5 heteroatoms. The highest BCUT2D eigenvalue weighted by Crippen LogP contribution is 2.29. The van der Waals surface area contributed by atoms with Crippen molar-refractivity contribution in [3.63, 3.8) is 0 Å². The Hall–Kier alpha value is -0.840. The Morgan fingerprint density at radius 1 is 1.50 bits per heavy atom. The highest BCUT2D eigenvalue weighted by molar-refractivity contribution is 7.80. The van der Waals surface area contributed by atoms with Crippen molar-refractivity contribution >= 4 is 23.3 Å². The van der Waals surface area contributed by atoms with E-state index in [9.17, 15) is 4.79 Å². The van der Waals surface area contributed by atoms with Crippen molar-refractivity contribution < 1.29 is 9.53 Å². The molecule has 2 aliphatic heterocycles. The van der Waals surface area contributed by atoms with Crippen LogP contribution in [0.5, 0.6) is 0 Å². The van der Waals surface area contributed by atoms with Gasteiger partial charge in [-0.05, 0) is 33.6 Å². The summed E-state index contributed by atoms with van der Waals surface area (Å²) in [7, 11) is 0. The van der Waals surface area contributed by atoms with Crippen LogP contribution >= 0.6 is 12.2 Å². The zero-order chi connectivity index (χ0) is 11.9. The Labute approximate surface area is 101 Å². The zero-order valence-corrected chi connectivity index (χ0v) is 10.8. The molecule has 0 aromatic heterocycles. The van der Waals surface area contributed by atoms with Crippen LogP contribution in [0.15, 0.2) is 0 Å². The number of ether oxygens (including phenoxy) is 1. The van der Waals surface area contributed by atoms with Crippen LogP contribution < -0.4 is 5.32 Å². The van der Waals surface area contributed by atoms with Crippen LogP contribution in [0, 0.1) is 0 Å². The number of rotatable bonds is 0. The SMILES string of the molecule is CC(C)(C)OC(=O)N1C2CCC1C(=S)NC2. The molecule has 2 unspecified atom stereocenters. The van der Waals surface area contributed by atoms with Gasteiger partial charge in [-0.2, -0.15) is 0 Å². The number of thiocarbonyl (C=S) groups is 1. The number of piperazine rings is 1. The third-order valence-electron chi connectivity index (χ3n) is 2.92.